The lowest BCUT2D eigenvalue weighted by molar-refractivity contribution is -0.143. The Labute approximate surface area is 144 Å². The number of rotatable bonds is 10. The third kappa shape index (κ3) is 7.00. The Bertz CT molecular complexity index is 514. The first-order chi connectivity index (χ1) is 11.5. The molecular formula is C18H28N2O4. The molecule has 0 fully saturated rings. The first kappa shape index (κ1) is 20.0. The molecule has 1 aromatic rings. The third-order valence-corrected chi connectivity index (χ3v) is 3.55. The summed E-state index contributed by atoms with van der Waals surface area (Å²) in [6.45, 7) is 3.96. The molecule has 0 spiro atoms. The summed E-state index contributed by atoms with van der Waals surface area (Å²) < 4.78 is 10.1. The van der Waals surface area contributed by atoms with Gasteiger partial charge in [-0.25, -0.2) is 0 Å². The van der Waals surface area contributed by atoms with E-state index in [1.165, 1.54) is 0 Å². The van der Waals surface area contributed by atoms with Crippen LogP contribution in [0.2, 0.25) is 0 Å². The summed E-state index contributed by atoms with van der Waals surface area (Å²) in [4.78, 5) is 28.1. The SMILES string of the molecule is CCOC(=O)CCN(CCCN(C)C)C(=O)c1ccc(OC)cc1. The van der Waals surface area contributed by atoms with E-state index in [-0.39, 0.29) is 18.3 Å². The monoisotopic (exact) mass is 336 g/mol. The van der Waals surface area contributed by atoms with Crippen molar-refractivity contribution in [3.63, 3.8) is 0 Å². The molecule has 0 unspecified atom stereocenters. The quantitative estimate of drug-likeness (QED) is 0.612. The molecule has 0 radical (unpaired) electrons. The van der Waals surface area contributed by atoms with Crippen molar-refractivity contribution in [2.24, 2.45) is 0 Å². The maximum Gasteiger partial charge on any atom is 0.307 e. The highest BCUT2D eigenvalue weighted by Crippen LogP contribution is 2.14. The van der Waals surface area contributed by atoms with E-state index in [2.05, 4.69) is 4.90 Å². The van der Waals surface area contributed by atoms with Crippen molar-refractivity contribution in [2.45, 2.75) is 19.8 Å². The Hall–Kier alpha value is -2.08. The van der Waals surface area contributed by atoms with Gasteiger partial charge in [-0.2, -0.15) is 0 Å². The summed E-state index contributed by atoms with van der Waals surface area (Å²) in [6.07, 6.45) is 1.05. The molecule has 0 atom stereocenters. The summed E-state index contributed by atoms with van der Waals surface area (Å²) >= 11 is 0. The molecular weight excluding hydrogens is 308 g/mol. The molecule has 0 bridgehead atoms. The smallest absolute Gasteiger partial charge is 0.307 e. The molecule has 1 amide bonds. The van der Waals surface area contributed by atoms with E-state index in [0.29, 0.717) is 31.0 Å². The number of nitrogens with zero attached hydrogens (tertiary/aromatic N) is 2. The van der Waals surface area contributed by atoms with Crippen LogP contribution in [0.3, 0.4) is 0 Å². The molecule has 0 N–H and O–H groups in total. The number of carbonyl (C=O) groups excluding carboxylic acids is 2. The van der Waals surface area contributed by atoms with Crippen molar-refractivity contribution in [2.75, 3.05) is 47.4 Å². The Kier molecular flexibility index (Phi) is 8.86. The normalized spacial score (nSPS) is 10.5. The highest BCUT2D eigenvalue weighted by Gasteiger charge is 2.17. The Morgan fingerprint density at radius 3 is 2.25 bits per heavy atom. The zero-order valence-electron chi connectivity index (χ0n) is 15.1. The number of amides is 1. The largest absolute Gasteiger partial charge is 0.497 e. The molecule has 0 saturated heterocycles. The van der Waals surface area contributed by atoms with Crippen molar-refractivity contribution in [3.8, 4) is 5.75 Å². The van der Waals surface area contributed by atoms with Gasteiger partial charge < -0.3 is 19.3 Å². The highest BCUT2D eigenvalue weighted by molar-refractivity contribution is 5.94. The van der Waals surface area contributed by atoms with Crippen LogP contribution in [0.25, 0.3) is 0 Å². The Morgan fingerprint density at radius 2 is 1.71 bits per heavy atom. The second-order valence-electron chi connectivity index (χ2n) is 5.73. The molecule has 1 aromatic carbocycles. The van der Waals surface area contributed by atoms with Gasteiger partial charge in [-0.1, -0.05) is 0 Å². The zero-order chi connectivity index (χ0) is 17.9. The first-order valence-corrected chi connectivity index (χ1v) is 8.21. The van der Waals surface area contributed by atoms with Crippen LogP contribution in [0.15, 0.2) is 24.3 Å². The van der Waals surface area contributed by atoms with Gasteiger partial charge in [0.05, 0.1) is 20.1 Å². The summed E-state index contributed by atoms with van der Waals surface area (Å²) in [6, 6.07) is 7.00. The van der Waals surface area contributed by atoms with Crippen molar-refractivity contribution in [3.05, 3.63) is 29.8 Å². The second kappa shape index (κ2) is 10.6. The van der Waals surface area contributed by atoms with Crippen LogP contribution in [0.1, 0.15) is 30.1 Å². The minimum atomic E-state index is -0.280. The number of hydrogen-bond acceptors (Lipinski definition) is 5. The topological polar surface area (TPSA) is 59.1 Å². The van der Waals surface area contributed by atoms with Crippen LogP contribution >= 0.6 is 0 Å². The van der Waals surface area contributed by atoms with E-state index in [9.17, 15) is 9.59 Å². The van der Waals surface area contributed by atoms with Gasteiger partial charge in [0.15, 0.2) is 0 Å². The third-order valence-electron chi connectivity index (χ3n) is 3.55. The minimum Gasteiger partial charge on any atom is -0.497 e. The molecule has 0 aromatic heterocycles. The fourth-order valence-corrected chi connectivity index (χ4v) is 2.27. The van der Waals surface area contributed by atoms with Crippen molar-refractivity contribution in [1.82, 2.24) is 9.80 Å². The highest BCUT2D eigenvalue weighted by atomic mass is 16.5. The average Bonchev–Trinajstić information content (AvgIpc) is 2.57. The number of hydrogen-bond donors (Lipinski definition) is 0. The van der Waals surface area contributed by atoms with E-state index in [1.54, 1.807) is 43.2 Å². The molecule has 134 valence electrons. The van der Waals surface area contributed by atoms with Crippen LogP contribution in [0, 0.1) is 0 Å². The van der Waals surface area contributed by atoms with E-state index in [1.807, 2.05) is 14.1 Å². The van der Waals surface area contributed by atoms with Crippen LogP contribution < -0.4 is 4.74 Å². The van der Waals surface area contributed by atoms with Gasteiger partial charge in [-0.05, 0) is 58.3 Å². The summed E-state index contributed by atoms with van der Waals surface area (Å²) in [5, 5.41) is 0. The van der Waals surface area contributed by atoms with Gasteiger partial charge in [-0.3, -0.25) is 9.59 Å². The molecule has 0 aliphatic rings. The minimum absolute atomic E-state index is 0.0827. The number of ether oxygens (including phenoxy) is 2. The molecule has 6 heteroatoms. The molecule has 1 rings (SSSR count). The predicted octanol–water partition coefficient (Wildman–Crippen LogP) is 2.04. The average molecular weight is 336 g/mol. The van der Waals surface area contributed by atoms with Gasteiger partial charge in [0, 0.05) is 18.7 Å². The summed E-state index contributed by atoms with van der Waals surface area (Å²) in [5.74, 6) is 0.343. The van der Waals surface area contributed by atoms with Crippen molar-refractivity contribution in [1.29, 1.82) is 0 Å². The van der Waals surface area contributed by atoms with Crippen LogP contribution in [0.5, 0.6) is 5.75 Å². The van der Waals surface area contributed by atoms with E-state index in [4.69, 9.17) is 9.47 Å². The lowest BCUT2D eigenvalue weighted by Crippen LogP contribution is -2.35. The molecule has 0 heterocycles. The van der Waals surface area contributed by atoms with Crippen LogP contribution in [-0.2, 0) is 9.53 Å². The summed E-state index contributed by atoms with van der Waals surface area (Å²) in [5.41, 5.74) is 0.588. The van der Waals surface area contributed by atoms with Crippen LogP contribution in [0.4, 0.5) is 0 Å². The van der Waals surface area contributed by atoms with E-state index >= 15 is 0 Å². The maximum absolute atomic E-state index is 12.7. The molecule has 6 nitrogen and oxygen atoms in total. The molecule has 0 saturated carbocycles. The van der Waals surface area contributed by atoms with E-state index in [0.717, 1.165) is 13.0 Å². The summed E-state index contributed by atoms with van der Waals surface area (Å²) in [7, 11) is 5.58. The van der Waals surface area contributed by atoms with E-state index < -0.39 is 0 Å². The van der Waals surface area contributed by atoms with Gasteiger partial charge in [-0.15, -0.1) is 0 Å². The lowest BCUT2D eigenvalue weighted by atomic mass is 10.1. The fraction of sp³-hybridized carbons (Fsp3) is 0.556. The number of methoxy groups -OCH3 is 1. The molecule has 24 heavy (non-hydrogen) atoms. The Balaban J connectivity index is 2.72. The molecule has 0 aliphatic carbocycles. The van der Waals surface area contributed by atoms with Crippen molar-refractivity contribution < 1.29 is 19.1 Å². The Morgan fingerprint density at radius 1 is 1.04 bits per heavy atom. The van der Waals surface area contributed by atoms with Crippen molar-refractivity contribution >= 4 is 11.9 Å². The maximum atomic E-state index is 12.7. The predicted molar refractivity (Wildman–Crippen MR) is 93.3 cm³/mol. The molecule has 0 aliphatic heterocycles. The first-order valence-electron chi connectivity index (χ1n) is 8.21. The van der Waals surface area contributed by atoms with Gasteiger partial charge in [0.25, 0.3) is 5.91 Å². The fourth-order valence-electron chi connectivity index (χ4n) is 2.27. The zero-order valence-corrected chi connectivity index (χ0v) is 15.1. The number of esters is 1. The van der Waals surface area contributed by atoms with Gasteiger partial charge in [0.2, 0.25) is 0 Å². The number of benzene rings is 1. The van der Waals surface area contributed by atoms with Gasteiger partial charge >= 0.3 is 5.97 Å². The number of carbonyl (C=O) groups is 2. The van der Waals surface area contributed by atoms with Gasteiger partial charge in [0.1, 0.15) is 5.75 Å². The van der Waals surface area contributed by atoms with Crippen LogP contribution in [-0.4, -0.2) is 69.1 Å². The lowest BCUT2D eigenvalue weighted by Gasteiger charge is -2.23. The second-order valence-corrected chi connectivity index (χ2v) is 5.73. The standard InChI is InChI=1S/C18H28N2O4/c1-5-24-17(21)11-14-20(13-6-12-19(2)3)18(22)15-7-9-16(23-4)10-8-15/h7-10H,5-6,11-14H2,1-4H3.